The van der Waals surface area contributed by atoms with Gasteiger partial charge in [-0.05, 0) is 52.7 Å². The first-order valence-corrected chi connectivity index (χ1v) is 9.45. The molecule has 0 aliphatic carbocycles. The van der Waals surface area contributed by atoms with Gasteiger partial charge in [-0.15, -0.1) is 0 Å². The van der Waals surface area contributed by atoms with Crippen molar-refractivity contribution in [2.45, 2.75) is 53.0 Å². The molecule has 7 nitrogen and oxygen atoms in total. The zero-order valence-electron chi connectivity index (χ0n) is 16.4. The molecule has 7 heteroatoms. The van der Waals surface area contributed by atoms with Crippen LogP contribution in [0.5, 0.6) is 0 Å². The van der Waals surface area contributed by atoms with Crippen LogP contribution >= 0.6 is 0 Å². The van der Waals surface area contributed by atoms with Crippen molar-refractivity contribution in [1.29, 1.82) is 0 Å². The second-order valence-electron chi connectivity index (χ2n) is 7.50. The summed E-state index contributed by atoms with van der Waals surface area (Å²) in [5.74, 6) is 1.44. The van der Waals surface area contributed by atoms with Crippen molar-refractivity contribution in [2.24, 2.45) is 5.92 Å². The average Bonchev–Trinajstić information content (AvgIpc) is 3.23. The van der Waals surface area contributed by atoms with Crippen molar-refractivity contribution in [3.8, 4) is 0 Å². The van der Waals surface area contributed by atoms with Gasteiger partial charge in [0.05, 0.1) is 11.6 Å². The third-order valence-corrected chi connectivity index (χ3v) is 4.91. The van der Waals surface area contributed by atoms with Gasteiger partial charge in [0.15, 0.2) is 5.76 Å². The fraction of sp³-hybridized carbons (Fsp3) is 0.550. The molecule has 0 unspecified atom stereocenters. The number of furan rings is 1. The number of likely N-dealkylation sites (tertiary alicyclic amines) is 1. The summed E-state index contributed by atoms with van der Waals surface area (Å²) in [4.78, 5) is 26.8. The molecular formula is C20H27N3O4. The second-order valence-corrected chi connectivity index (χ2v) is 7.50. The number of piperidine rings is 1. The Balaban J connectivity index is 1.65. The van der Waals surface area contributed by atoms with Gasteiger partial charge in [0.1, 0.15) is 11.5 Å². The number of nitrogens with zero attached hydrogens (tertiary/aromatic N) is 2. The molecule has 2 amide bonds. The molecule has 0 bridgehead atoms. The lowest BCUT2D eigenvalue weighted by atomic mass is 9.96. The minimum atomic E-state index is -0.165. The maximum absolute atomic E-state index is 12.8. The fourth-order valence-electron chi connectivity index (χ4n) is 3.45. The van der Waals surface area contributed by atoms with E-state index in [0.29, 0.717) is 31.0 Å². The van der Waals surface area contributed by atoms with Gasteiger partial charge in [-0.2, -0.15) is 0 Å². The van der Waals surface area contributed by atoms with Gasteiger partial charge in [0.25, 0.3) is 5.91 Å². The van der Waals surface area contributed by atoms with Crippen LogP contribution in [0.1, 0.15) is 60.0 Å². The molecule has 0 spiro atoms. The van der Waals surface area contributed by atoms with Crippen molar-refractivity contribution < 1.29 is 18.5 Å². The number of carbonyl (C=O) groups is 2. The first-order chi connectivity index (χ1) is 12.8. The minimum absolute atomic E-state index is 0.0149. The number of amides is 2. The number of nitrogens with one attached hydrogen (secondary N) is 1. The van der Waals surface area contributed by atoms with Crippen molar-refractivity contribution >= 4 is 11.8 Å². The van der Waals surface area contributed by atoms with Gasteiger partial charge >= 0.3 is 0 Å². The molecule has 1 fully saturated rings. The predicted octanol–water partition coefficient (Wildman–Crippen LogP) is 2.85. The van der Waals surface area contributed by atoms with Crippen LogP contribution in [0.2, 0.25) is 0 Å². The smallest absolute Gasteiger partial charge is 0.289 e. The SMILES string of the molecule is Cc1noc(C)c1Cc1ccc(C(=O)N2CCC[C@@H](C(=O)NC(C)C)C2)o1. The van der Waals surface area contributed by atoms with Crippen LogP contribution in [-0.4, -0.2) is 41.0 Å². The summed E-state index contributed by atoms with van der Waals surface area (Å²) in [7, 11) is 0. The van der Waals surface area contributed by atoms with Gasteiger partial charge in [0.2, 0.25) is 5.91 Å². The predicted molar refractivity (Wildman–Crippen MR) is 99.4 cm³/mol. The lowest BCUT2D eigenvalue weighted by Gasteiger charge is -2.31. The zero-order valence-corrected chi connectivity index (χ0v) is 16.4. The number of carbonyl (C=O) groups excluding carboxylic acids is 2. The summed E-state index contributed by atoms with van der Waals surface area (Å²) >= 11 is 0. The van der Waals surface area contributed by atoms with Crippen LogP contribution in [0.3, 0.4) is 0 Å². The summed E-state index contributed by atoms with van der Waals surface area (Å²) in [6.45, 7) is 8.69. The first kappa shape index (κ1) is 19.2. The lowest BCUT2D eigenvalue weighted by molar-refractivity contribution is -0.126. The molecule has 0 aromatic carbocycles. The van der Waals surface area contributed by atoms with E-state index in [-0.39, 0.29) is 23.8 Å². The summed E-state index contributed by atoms with van der Waals surface area (Å²) in [5, 5.41) is 6.88. The van der Waals surface area contributed by atoms with E-state index in [1.807, 2.05) is 33.8 Å². The molecule has 3 heterocycles. The van der Waals surface area contributed by atoms with Gasteiger partial charge < -0.3 is 19.2 Å². The standard InChI is InChI=1S/C20H27N3O4/c1-12(2)21-19(24)15-6-5-9-23(11-15)20(25)18-8-7-16(26-18)10-17-13(3)22-27-14(17)4/h7-8,12,15H,5-6,9-11H2,1-4H3,(H,21,24)/t15-/m1/s1. The zero-order chi connectivity index (χ0) is 19.6. The summed E-state index contributed by atoms with van der Waals surface area (Å²) in [6.07, 6.45) is 2.15. The molecule has 1 aliphatic heterocycles. The van der Waals surface area contributed by atoms with E-state index in [1.165, 1.54) is 0 Å². The molecule has 1 atom stereocenters. The van der Waals surface area contributed by atoms with E-state index in [1.54, 1.807) is 11.0 Å². The van der Waals surface area contributed by atoms with Crippen LogP contribution in [0.4, 0.5) is 0 Å². The van der Waals surface area contributed by atoms with Crippen LogP contribution in [-0.2, 0) is 11.2 Å². The van der Waals surface area contributed by atoms with Crippen molar-refractivity contribution in [3.05, 3.63) is 40.7 Å². The Morgan fingerprint density at radius 1 is 1.33 bits per heavy atom. The Hall–Kier alpha value is -2.57. The number of hydrogen-bond donors (Lipinski definition) is 1. The van der Waals surface area contributed by atoms with Crippen LogP contribution < -0.4 is 5.32 Å². The van der Waals surface area contributed by atoms with Crippen molar-refractivity contribution in [3.63, 3.8) is 0 Å². The second kappa shape index (κ2) is 7.98. The molecule has 1 saturated heterocycles. The van der Waals surface area contributed by atoms with Gasteiger partial charge in [-0.25, -0.2) is 0 Å². The van der Waals surface area contributed by atoms with Crippen molar-refractivity contribution in [1.82, 2.24) is 15.4 Å². The highest BCUT2D eigenvalue weighted by atomic mass is 16.5. The van der Waals surface area contributed by atoms with E-state index in [2.05, 4.69) is 10.5 Å². The molecular weight excluding hydrogens is 346 g/mol. The topological polar surface area (TPSA) is 88.6 Å². The maximum Gasteiger partial charge on any atom is 0.289 e. The van der Waals surface area contributed by atoms with E-state index >= 15 is 0 Å². The summed E-state index contributed by atoms with van der Waals surface area (Å²) < 4.78 is 11.0. The Morgan fingerprint density at radius 3 is 2.78 bits per heavy atom. The fourth-order valence-corrected chi connectivity index (χ4v) is 3.45. The Kier molecular flexibility index (Phi) is 5.68. The van der Waals surface area contributed by atoms with Gasteiger partial charge in [-0.1, -0.05) is 5.16 Å². The highest BCUT2D eigenvalue weighted by Crippen LogP contribution is 2.22. The third-order valence-electron chi connectivity index (χ3n) is 4.91. The Labute approximate surface area is 159 Å². The summed E-state index contributed by atoms with van der Waals surface area (Å²) in [6, 6.07) is 3.61. The first-order valence-electron chi connectivity index (χ1n) is 9.45. The molecule has 1 N–H and O–H groups in total. The Bertz CT molecular complexity index is 802. The number of hydrogen-bond acceptors (Lipinski definition) is 5. The van der Waals surface area contributed by atoms with Crippen LogP contribution in [0.15, 0.2) is 21.1 Å². The highest BCUT2D eigenvalue weighted by molar-refractivity contribution is 5.92. The maximum atomic E-state index is 12.8. The highest BCUT2D eigenvalue weighted by Gasteiger charge is 2.30. The number of aromatic nitrogens is 1. The van der Waals surface area contributed by atoms with Crippen LogP contribution in [0, 0.1) is 19.8 Å². The molecule has 1 aliphatic rings. The molecule has 146 valence electrons. The Morgan fingerprint density at radius 2 is 2.11 bits per heavy atom. The molecule has 3 rings (SSSR count). The molecule has 2 aromatic rings. The van der Waals surface area contributed by atoms with Crippen LogP contribution in [0.25, 0.3) is 0 Å². The van der Waals surface area contributed by atoms with E-state index in [9.17, 15) is 9.59 Å². The molecule has 2 aromatic heterocycles. The van der Waals surface area contributed by atoms with E-state index in [0.717, 1.165) is 29.9 Å². The van der Waals surface area contributed by atoms with Gasteiger partial charge in [-0.3, -0.25) is 9.59 Å². The monoisotopic (exact) mass is 373 g/mol. The van der Waals surface area contributed by atoms with E-state index in [4.69, 9.17) is 8.94 Å². The van der Waals surface area contributed by atoms with Gasteiger partial charge in [0, 0.05) is 31.1 Å². The number of rotatable bonds is 5. The quantitative estimate of drug-likeness (QED) is 0.871. The molecule has 27 heavy (non-hydrogen) atoms. The minimum Gasteiger partial charge on any atom is -0.456 e. The largest absolute Gasteiger partial charge is 0.456 e. The molecule has 0 saturated carbocycles. The van der Waals surface area contributed by atoms with E-state index < -0.39 is 0 Å². The van der Waals surface area contributed by atoms with Crippen molar-refractivity contribution in [2.75, 3.05) is 13.1 Å². The summed E-state index contributed by atoms with van der Waals surface area (Å²) in [5.41, 5.74) is 1.80. The number of aryl methyl sites for hydroxylation is 2. The normalized spacial score (nSPS) is 17.4. The third kappa shape index (κ3) is 4.40. The average molecular weight is 373 g/mol. The lowest BCUT2D eigenvalue weighted by Crippen LogP contribution is -2.46. The molecule has 0 radical (unpaired) electrons.